The highest BCUT2D eigenvalue weighted by Crippen LogP contribution is 2.55. The highest BCUT2D eigenvalue weighted by atomic mass is 16.3. The first kappa shape index (κ1) is 12.4. The Kier molecular flexibility index (Phi) is 3.33. The maximum Gasteiger partial charge on any atom is 0.0651 e. The molecule has 2 N–H and O–H groups in total. The molecular formula is C14H26O2. The fraction of sp³-hybridized carbons (Fsp3) is 1.00. The van der Waals surface area contributed by atoms with Gasteiger partial charge < -0.3 is 10.2 Å². The maximum atomic E-state index is 10.6. The molecule has 0 radical (unpaired) electrons. The SMILES string of the molecule is CC1(C)CCC2CCC(O)(CCCO)CC21. The van der Waals surface area contributed by atoms with Crippen LogP contribution in [0.5, 0.6) is 0 Å². The zero-order chi connectivity index (χ0) is 11.8. The van der Waals surface area contributed by atoms with Gasteiger partial charge in [0.15, 0.2) is 0 Å². The predicted octanol–water partition coefficient (Wildman–Crippen LogP) is 2.73. The molecule has 0 aliphatic heterocycles. The van der Waals surface area contributed by atoms with Crippen LogP contribution in [0.1, 0.15) is 58.8 Å². The Balaban J connectivity index is 2.01. The van der Waals surface area contributed by atoms with E-state index in [9.17, 15) is 5.11 Å². The molecule has 16 heavy (non-hydrogen) atoms. The summed E-state index contributed by atoms with van der Waals surface area (Å²) in [6.45, 7) is 4.92. The van der Waals surface area contributed by atoms with Crippen molar-refractivity contribution in [3.8, 4) is 0 Å². The van der Waals surface area contributed by atoms with E-state index in [1.54, 1.807) is 0 Å². The number of fused-ring (bicyclic) bond motifs is 1. The molecule has 2 saturated carbocycles. The largest absolute Gasteiger partial charge is 0.396 e. The summed E-state index contributed by atoms with van der Waals surface area (Å²) >= 11 is 0. The van der Waals surface area contributed by atoms with Crippen LogP contribution in [0.2, 0.25) is 0 Å². The van der Waals surface area contributed by atoms with E-state index in [-0.39, 0.29) is 6.61 Å². The van der Waals surface area contributed by atoms with Crippen molar-refractivity contribution in [1.29, 1.82) is 0 Å². The van der Waals surface area contributed by atoms with Crippen LogP contribution in [-0.2, 0) is 0 Å². The van der Waals surface area contributed by atoms with Crippen molar-refractivity contribution < 1.29 is 10.2 Å². The normalized spacial score (nSPS) is 42.0. The van der Waals surface area contributed by atoms with Gasteiger partial charge in [0.05, 0.1) is 5.60 Å². The molecule has 2 aliphatic carbocycles. The van der Waals surface area contributed by atoms with E-state index in [0.29, 0.717) is 11.3 Å². The van der Waals surface area contributed by atoms with Crippen LogP contribution in [0.3, 0.4) is 0 Å². The number of rotatable bonds is 3. The summed E-state index contributed by atoms with van der Waals surface area (Å²) in [7, 11) is 0. The molecule has 0 aromatic heterocycles. The van der Waals surface area contributed by atoms with E-state index in [0.717, 1.165) is 31.6 Å². The molecule has 0 spiro atoms. The summed E-state index contributed by atoms with van der Waals surface area (Å²) in [4.78, 5) is 0. The van der Waals surface area contributed by atoms with Gasteiger partial charge in [-0.3, -0.25) is 0 Å². The molecule has 0 aromatic carbocycles. The molecule has 2 heteroatoms. The van der Waals surface area contributed by atoms with Gasteiger partial charge in [0.2, 0.25) is 0 Å². The average molecular weight is 226 g/mol. The zero-order valence-electron chi connectivity index (χ0n) is 10.7. The maximum absolute atomic E-state index is 10.6. The van der Waals surface area contributed by atoms with Gasteiger partial charge in [-0.25, -0.2) is 0 Å². The molecule has 0 saturated heterocycles. The lowest BCUT2D eigenvalue weighted by Crippen LogP contribution is -2.41. The van der Waals surface area contributed by atoms with Crippen molar-refractivity contribution in [2.24, 2.45) is 17.3 Å². The molecule has 3 unspecified atom stereocenters. The van der Waals surface area contributed by atoms with Crippen LogP contribution in [0.25, 0.3) is 0 Å². The van der Waals surface area contributed by atoms with Crippen molar-refractivity contribution in [1.82, 2.24) is 0 Å². The van der Waals surface area contributed by atoms with E-state index in [4.69, 9.17) is 5.11 Å². The fourth-order valence-electron chi connectivity index (χ4n) is 3.97. The third-order valence-corrected chi connectivity index (χ3v) is 5.11. The Bertz CT molecular complexity index is 249. The summed E-state index contributed by atoms with van der Waals surface area (Å²) in [6.07, 6.45) is 7.30. The van der Waals surface area contributed by atoms with Gasteiger partial charge in [-0.1, -0.05) is 13.8 Å². The molecular weight excluding hydrogens is 200 g/mol. The Morgan fingerprint density at radius 2 is 1.88 bits per heavy atom. The van der Waals surface area contributed by atoms with Crippen molar-refractivity contribution in [3.05, 3.63) is 0 Å². The van der Waals surface area contributed by atoms with Gasteiger partial charge in [0.25, 0.3) is 0 Å². The predicted molar refractivity (Wildman–Crippen MR) is 65.1 cm³/mol. The summed E-state index contributed by atoms with van der Waals surface area (Å²) in [5.41, 5.74) is -0.0657. The molecule has 3 atom stereocenters. The lowest BCUT2D eigenvalue weighted by atomic mass is 9.65. The van der Waals surface area contributed by atoms with E-state index in [1.165, 1.54) is 19.3 Å². The van der Waals surface area contributed by atoms with Gasteiger partial charge in [-0.15, -0.1) is 0 Å². The second-order valence-corrected chi connectivity index (χ2v) is 6.69. The van der Waals surface area contributed by atoms with Crippen molar-refractivity contribution >= 4 is 0 Å². The Labute approximate surface area is 99.1 Å². The van der Waals surface area contributed by atoms with E-state index in [2.05, 4.69) is 13.8 Å². The molecule has 0 heterocycles. The molecule has 0 aromatic rings. The van der Waals surface area contributed by atoms with Crippen molar-refractivity contribution in [2.45, 2.75) is 64.4 Å². The van der Waals surface area contributed by atoms with Gasteiger partial charge in [-0.2, -0.15) is 0 Å². The van der Waals surface area contributed by atoms with Crippen molar-refractivity contribution in [3.63, 3.8) is 0 Å². The summed E-state index contributed by atoms with van der Waals surface area (Å²) < 4.78 is 0. The van der Waals surface area contributed by atoms with Crippen LogP contribution in [-0.4, -0.2) is 22.4 Å². The Morgan fingerprint density at radius 3 is 2.56 bits per heavy atom. The molecule has 2 aliphatic rings. The number of hydrogen-bond acceptors (Lipinski definition) is 2. The van der Waals surface area contributed by atoms with Gasteiger partial charge in [0, 0.05) is 6.61 Å². The monoisotopic (exact) mass is 226 g/mol. The third-order valence-electron chi connectivity index (χ3n) is 5.11. The van der Waals surface area contributed by atoms with Crippen molar-refractivity contribution in [2.75, 3.05) is 6.61 Å². The first-order valence-electron chi connectivity index (χ1n) is 6.80. The smallest absolute Gasteiger partial charge is 0.0651 e. The third kappa shape index (κ3) is 2.28. The standard InChI is InChI=1S/C14H26O2/c1-13(2)7-4-11-5-8-14(16,6-3-9-15)10-12(11)13/h11-12,15-16H,3-10H2,1-2H3. The minimum atomic E-state index is -0.481. The highest BCUT2D eigenvalue weighted by molar-refractivity contribution is 4.99. The Hall–Kier alpha value is -0.0800. The van der Waals surface area contributed by atoms with E-state index in [1.807, 2.05) is 0 Å². The zero-order valence-corrected chi connectivity index (χ0v) is 10.7. The number of hydrogen-bond donors (Lipinski definition) is 2. The molecule has 2 fully saturated rings. The lowest BCUT2D eigenvalue weighted by molar-refractivity contribution is -0.0557. The number of aliphatic hydroxyl groups is 2. The van der Waals surface area contributed by atoms with Gasteiger partial charge >= 0.3 is 0 Å². The van der Waals surface area contributed by atoms with Crippen LogP contribution in [0.15, 0.2) is 0 Å². The summed E-state index contributed by atoms with van der Waals surface area (Å²) in [5, 5.41) is 19.5. The van der Waals surface area contributed by atoms with Crippen LogP contribution >= 0.6 is 0 Å². The minimum Gasteiger partial charge on any atom is -0.396 e. The average Bonchev–Trinajstić information content (AvgIpc) is 2.52. The summed E-state index contributed by atoms with van der Waals surface area (Å²) in [6, 6.07) is 0. The fourth-order valence-corrected chi connectivity index (χ4v) is 3.97. The van der Waals surface area contributed by atoms with Crippen LogP contribution in [0.4, 0.5) is 0 Å². The van der Waals surface area contributed by atoms with Crippen LogP contribution in [0, 0.1) is 17.3 Å². The molecule has 0 bridgehead atoms. The van der Waals surface area contributed by atoms with Gasteiger partial charge in [0.1, 0.15) is 0 Å². The van der Waals surface area contributed by atoms with E-state index < -0.39 is 5.60 Å². The topological polar surface area (TPSA) is 40.5 Å². The first-order chi connectivity index (χ1) is 7.47. The first-order valence-corrected chi connectivity index (χ1v) is 6.80. The molecule has 2 nitrogen and oxygen atoms in total. The minimum absolute atomic E-state index is 0.208. The second-order valence-electron chi connectivity index (χ2n) is 6.69. The van der Waals surface area contributed by atoms with Crippen LogP contribution < -0.4 is 0 Å². The number of aliphatic hydroxyl groups excluding tert-OH is 1. The molecule has 0 amide bonds. The van der Waals surface area contributed by atoms with E-state index >= 15 is 0 Å². The highest BCUT2D eigenvalue weighted by Gasteiger charge is 2.48. The molecule has 2 rings (SSSR count). The lowest BCUT2D eigenvalue weighted by Gasteiger charge is -2.43. The van der Waals surface area contributed by atoms with Gasteiger partial charge in [-0.05, 0) is 62.2 Å². The molecule has 94 valence electrons. The second kappa shape index (κ2) is 4.30. The quantitative estimate of drug-likeness (QED) is 0.777. The summed E-state index contributed by atoms with van der Waals surface area (Å²) in [5.74, 6) is 1.55. The Morgan fingerprint density at radius 1 is 1.19 bits per heavy atom.